The Morgan fingerprint density at radius 3 is 2.58 bits per heavy atom. The molecule has 0 aliphatic heterocycles. The van der Waals surface area contributed by atoms with Crippen molar-refractivity contribution in [2.24, 2.45) is 0 Å². The first-order valence-corrected chi connectivity index (χ1v) is 6.03. The molecule has 0 spiro atoms. The average Bonchev–Trinajstić information content (AvgIpc) is 2.88. The molecule has 0 radical (unpaired) electrons. The lowest BCUT2D eigenvalue weighted by Crippen LogP contribution is -1.78. The van der Waals surface area contributed by atoms with Gasteiger partial charge in [0.15, 0.2) is 0 Å². The van der Waals surface area contributed by atoms with Crippen LogP contribution < -0.4 is 0 Å². The van der Waals surface area contributed by atoms with E-state index in [0.717, 1.165) is 28.4 Å². The van der Waals surface area contributed by atoms with Gasteiger partial charge < -0.3 is 0 Å². The van der Waals surface area contributed by atoms with E-state index in [-0.39, 0.29) is 0 Å². The third-order valence-corrected chi connectivity index (χ3v) is 2.99. The van der Waals surface area contributed by atoms with Crippen molar-refractivity contribution in [1.82, 2.24) is 10.2 Å². The molecule has 0 aliphatic rings. The normalized spacial score (nSPS) is 11.2. The summed E-state index contributed by atoms with van der Waals surface area (Å²) in [6.07, 6.45) is 4.82. The number of aldehydes is 1. The van der Waals surface area contributed by atoms with Gasteiger partial charge in [-0.3, -0.25) is 9.89 Å². The molecule has 3 heteroatoms. The summed E-state index contributed by atoms with van der Waals surface area (Å²) >= 11 is 0. The molecule has 1 aromatic heterocycles. The molecule has 3 aromatic rings. The highest BCUT2D eigenvalue weighted by Crippen LogP contribution is 2.19. The molecule has 0 saturated heterocycles. The highest BCUT2D eigenvalue weighted by Gasteiger charge is 2.03. The fraction of sp³-hybridized carbons (Fsp3) is 0. The number of hydrogen-bond donors (Lipinski definition) is 1. The first-order valence-electron chi connectivity index (χ1n) is 6.03. The van der Waals surface area contributed by atoms with Crippen molar-refractivity contribution < 1.29 is 4.79 Å². The predicted octanol–water partition coefficient (Wildman–Crippen LogP) is 3.55. The second-order valence-corrected chi connectivity index (χ2v) is 4.28. The van der Waals surface area contributed by atoms with Gasteiger partial charge in [-0.15, -0.1) is 0 Å². The standard InChI is InChI=1S/C16H12N2O/c19-11-13-6-8-14-15(17-18-16(14)10-13)9-7-12-4-2-1-3-5-12/h1-11H,(H,17,18). The molecule has 0 saturated carbocycles. The van der Waals surface area contributed by atoms with Gasteiger partial charge in [-0.1, -0.05) is 42.5 Å². The van der Waals surface area contributed by atoms with Gasteiger partial charge in [0.05, 0.1) is 11.2 Å². The van der Waals surface area contributed by atoms with Crippen molar-refractivity contribution in [1.29, 1.82) is 0 Å². The Kier molecular flexibility index (Phi) is 2.94. The monoisotopic (exact) mass is 248 g/mol. The Hall–Kier alpha value is -2.68. The van der Waals surface area contributed by atoms with Crippen LogP contribution in [0.15, 0.2) is 48.5 Å². The van der Waals surface area contributed by atoms with E-state index in [4.69, 9.17) is 0 Å². The van der Waals surface area contributed by atoms with Gasteiger partial charge >= 0.3 is 0 Å². The number of nitrogens with zero attached hydrogens (tertiary/aromatic N) is 1. The van der Waals surface area contributed by atoms with Crippen LogP contribution in [0.5, 0.6) is 0 Å². The van der Waals surface area contributed by atoms with Crippen LogP contribution in [-0.4, -0.2) is 16.5 Å². The van der Waals surface area contributed by atoms with Crippen LogP contribution in [0.1, 0.15) is 21.6 Å². The zero-order valence-corrected chi connectivity index (χ0v) is 10.2. The average molecular weight is 248 g/mol. The van der Waals surface area contributed by atoms with E-state index in [2.05, 4.69) is 10.2 Å². The topological polar surface area (TPSA) is 45.8 Å². The molecule has 0 fully saturated rings. The zero-order chi connectivity index (χ0) is 13.1. The molecule has 1 N–H and O–H groups in total. The van der Waals surface area contributed by atoms with Gasteiger partial charge in [0.1, 0.15) is 6.29 Å². The van der Waals surface area contributed by atoms with Crippen LogP contribution in [-0.2, 0) is 0 Å². The Balaban J connectivity index is 1.98. The Morgan fingerprint density at radius 2 is 1.79 bits per heavy atom. The first kappa shape index (κ1) is 11.4. The van der Waals surface area contributed by atoms with E-state index < -0.39 is 0 Å². The number of H-pyrrole nitrogens is 1. The lowest BCUT2D eigenvalue weighted by molar-refractivity contribution is 0.112. The van der Waals surface area contributed by atoms with Gasteiger partial charge in [0.25, 0.3) is 0 Å². The zero-order valence-electron chi connectivity index (χ0n) is 10.2. The molecule has 0 bridgehead atoms. The molecule has 3 nitrogen and oxygen atoms in total. The number of nitrogens with one attached hydrogen (secondary N) is 1. The highest BCUT2D eigenvalue weighted by atomic mass is 16.1. The lowest BCUT2D eigenvalue weighted by atomic mass is 10.1. The molecule has 1 heterocycles. The van der Waals surface area contributed by atoms with Gasteiger partial charge in [-0.25, -0.2) is 0 Å². The van der Waals surface area contributed by atoms with Gasteiger partial charge in [-0.2, -0.15) is 5.10 Å². The molecular formula is C16H12N2O. The fourth-order valence-corrected chi connectivity index (χ4v) is 2.00. The van der Waals surface area contributed by atoms with Crippen molar-refractivity contribution in [3.05, 3.63) is 65.4 Å². The molecule has 3 rings (SSSR count). The summed E-state index contributed by atoms with van der Waals surface area (Å²) < 4.78 is 0. The molecule has 0 amide bonds. The Bertz CT molecular complexity index is 742. The van der Waals surface area contributed by atoms with E-state index in [9.17, 15) is 4.79 Å². The number of hydrogen-bond acceptors (Lipinski definition) is 2. The third-order valence-electron chi connectivity index (χ3n) is 2.99. The van der Waals surface area contributed by atoms with Crippen molar-refractivity contribution in [2.45, 2.75) is 0 Å². The summed E-state index contributed by atoms with van der Waals surface area (Å²) in [5.41, 5.74) is 3.52. The summed E-state index contributed by atoms with van der Waals surface area (Å²) in [6, 6.07) is 15.6. The van der Waals surface area contributed by atoms with Crippen LogP contribution in [0.25, 0.3) is 23.1 Å². The van der Waals surface area contributed by atoms with E-state index in [1.54, 1.807) is 12.1 Å². The summed E-state index contributed by atoms with van der Waals surface area (Å²) in [5.74, 6) is 0. The first-order chi connectivity index (χ1) is 9.36. The van der Waals surface area contributed by atoms with Gasteiger partial charge in [0.2, 0.25) is 0 Å². The largest absolute Gasteiger partial charge is 0.298 e. The minimum Gasteiger partial charge on any atom is -0.298 e. The van der Waals surface area contributed by atoms with Gasteiger partial charge in [0, 0.05) is 10.9 Å². The quantitative estimate of drug-likeness (QED) is 0.720. The summed E-state index contributed by atoms with van der Waals surface area (Å²) in [6.45, 7) is 0. The van der Waals surface area contributed by atoms with Gasteiger partial charge in [-0.05, 0) is 23.8 Å². The van der Waals surface area contributed by atoms with Crippen LogP contribution >= 0.6 is 0 Å². The lowest BCUT2D eigenvalue weighted by Gasteiger charge is -1.93. The van der Waals surface area contributed by atoms with Crippen LogP contribution in [0.3, 0.4) is 0 Å². The predicted molar refractivity (Wildman–Crippen MR) is 76.9 cm³/mol. The van der Waals surface area contributed by atoms with Crippen molar-refractivity contribution in [3.63, 3.8) is 0 Å². The molecule has 0 atom stereocenters. The van der Waals surface area contributed by atoms with Crippen molar-refractivity contribution >= 4 is 29.3 Å². The van der Waals surface area contributed by atoms with E-state index >= 15 is 0 Å². The SMILES string of the molecule is O=Cc1ccc2c(C=Cc3ccccc3)n[nH]c2c1. The number of carbonyl (C=O) groups excluding carboxylic acids is 1. The van der Waals surface area contributed by atoms with Crippen molar-refractivity contribution in [2.75, 3.05) is 0 Å². The summed E-state index contributed by atoms with van der Waals surface area (Å²) in [7, 11) is 0. The molecule has 0 aliphatic carbocycles. The maximum Gasteiger partial charge on any atom is 0.150 e. The molecule has 0 unspecified atom stereocenters. The Morgan fingerprint density at radius 1 is 0.947 bits per heavy atom. The number of rotatable bonds is 3. The van der Waals surface area contributed by atoms with E-state index in [0.29, 0.717) is 5.56 Å². The number of benzene rings is 2. The number of aromatic nitrogens is 2. The maximum atomic E-state index is 10.7. The van der Waals surface area contributed by atoms with Crippen LogP contribution in [0, 0.1) is 0 Å². The summed E-state index contributed by atoms with van der Waals surface area (Å²) in [4.78, 5) is 10.7. The molecule has 19 heavy (non-hydrogen) atoms. The number of carbonyl (C=O) groups is 1. The Labute approximate surface area is 110 Å². The van der Waals surface area contributed by atoms with Crippen LogP contribution in [0.4, 0.5) is 0 Å². The smallest absolute Gasteiger partial charge is 0.150 e. The summed E-state index contributed by atoms with van der Waals surface area (Å²) in [5, 5.41) is 8.21. The molecule has 92 valence electrons. The second kappa shape index (κ2) is 4.90. The number of fused-ring (bicyclic) bond motifs is 1. The molecule has 2 aromatic carbocycles. The van der Waals surface area contributed by atoms with E-state index in [1.165, 1.54) is 0 Å². The number of aromatic amines is 1. The minimum atomic E-state index is 0.648. The maximum absolute atomic E-state index is 10.7. The highest BCUT2D eigenvalue weighted by molar-refractivity contribution is 5.92. The fourth-order valence-electron chi connectivity index (χ4n) is 2.00. The van der Waals surface area contributed by atoms with Crippen LogP contribution in [0.2, 0.25) is 0 Å². The second-order valence-electron chi connectivity index (χ2n) is 4.28. The van der Waals surface area contributed by atoms with Crippen molar-refractivity contribution in [3.8, 4) is 0 Å². The molecular weight excluding hydrogens is 236 g/mol. The third kappa shape index (κ3) is 2.31. The van der Waals surface area contributed by atoms with E-state index in [1.807, 2.05) is 48.6 Å². The minimum absolute atomic E-state index is 0.648.